The van der Waals surface area contributed by atoms with E-state index in [0.29, 0.717) is 27.9 Å². The third-order valence-corrected chi connectivity index (χ3v) is 5.47. The van der Waals surface area contributed by atoms with Crippen LogP contribution in [-0.2, 0) is 4.79 Å². The van der Waals surface area contributed by atoms with Crippen molar-refractivity contribution in [2.75, 3.05) is 5.75 Å². The molecule has 24 heavy (non-hydrogen) atoms. The minimum Gasteiger partial charge on any atom is -0.352 e. The molecule has 0 bridgehead atoms. The maximum atomic E-state index is 12.2. The quantitative estimate of drug-likeness (QED) is 0.824. The van der Waals surface area contributed by atoms with E-state index in [2.05, 4.69) is 27.8 Å². The lowest BCUT2D eigenvalue weighted by atomic mass is 9.86. The maximum absolute atomic E-state index is 12.2. The van der Waals surface area contributed by atoms with Crippen molar-refractivity contribution in [2.24, 2.45) is 5.92 Å². The van der Waals surface area contributed by atoms with Crippen molar-refractivity contribution in [2.45, 2.75) is 43.8 Å². The van der Waals surface area contributed by atoms with Crippen molar-refractivity contribution >= 4 is 29.3 Å². The third-order valence-electron chi connectivity index (χ3n) is 4.30. The number of tetrazole rings is 1. The minimum atomic E-state index is 0.0319. The highest BCUT2D eigenvalue weighted by molar-refractivity contribution is 7.99. The van der Waals surface area contributed by atoms with Crippen LogP contribution in [0.4, 0.5) is 0 Å². The topological polar surface area (TPSA) is 72.7 Å². The van der Waals surface area contributed by atoms with E-state index in [1.165, 1.54) is 31.0 Å². The Kier molecular flexibility index (Phi) is 5.73. The Labute approximate surface area is 150 Å². The van der Waals surface area contributed by atoms with Gasteiger partial charge in [0.05, 0.1) is 11.4 Å². The summed E-state index contributed by atoms with van der Waals surface area (Å²) in [4.78, 5) is 12.2. The molecule has 1 aliphatic carbocycles. The Bertz CT molecular complexity index is 690. The number of amides is 1. The van der Waals surface area contributed by atoms with E-state index < -0.39 is 0 Å². The van der Waals surface area contributed by atoms with Gasteiger partial charge >= 0.3 is 0 Å². The summed E-state index contributed by atoms with van der Waals surface area (Å²) in [5.41, 5.74) is 0.813. The summed E-state index contributed by atoms with van der Waals surface area (Å²) in [6, 6.07) is 7.53. The molecule has 1 saturated carbocycles. The molecule has 0 unspecified atom stereocenters. The van der Waals surface area contributed by atoms with Gasteiger partial charge in [0.1, 0.15) is 0 Å². The largest absolute Gasteiger partial charge is 0.352 e. The first kappa shape index (κ1) is 17.2. The van der Waals surface area contributed by atoms with Crippen LogP contribution in [0.1, 0.15) is 32.6 Å². The van der Waals surface area contributed by atoms with Crippen LogP contribution in [0.2, 0.25) is 5.02 Å². The molecule has 0 saturated heterocycles. The van der Waals surface area contributed by atoms with Gasteiger partial charge in [-0.15, -0.1) is 5.10 Å². The summed E-state index contributed by atoms with van der Waals surface area (Å²) in [5, 5.41) is 16.1. The number of nitrogens with one attached hydrogen (secondary N) is 1. The van der Waals surface area contributed by atoms with Crippen molar-refractivity contribution in [3.8, 4) is 5.69 Å². The van der Waals surface area contributed by atoms with Crippen LogP contribution in [0.5, 0.6) is 0 Å². The molecule has 1 heterocycles. The first-order valence-corrected chi connectivity index (χ1v) is 9.46. The monoisotopic (exact) mass is 365 g/mol. The normalized spacial score (nSPS) is 20.8. The molecule has 1 aromatic carbocycles. The molecule has 3 rings (SSSR count). The number of nitrogens with zero attached hydrogens (tertiary/aromatic N) is 4. The molecule has 1 aromatic heterocycles. The zero-order valence-electron chi connectivity index (χ0n) is 13.5. The van der Waals surface area contributed by atoms with Gasteiger partial charge in [0.15, 0.2) is 0 Å². The van der Waals surface area contributed by atoms with E-state index >= 15 is 0 Å². The smallest absolute Gasteiger partial charge is 0.230 e. The maximum Gasteiger partial charge on any atom is 0.230 e. The van der Waals surface area contributed by atoms with Crippen LogP contribution >= 0.6 is 23.4 Å². The summed E-state index contributed by atoms with van der Waals surface area (Å²) in [6.07, 6.45) is 4.71. The lowest BCUT2D eigenvalue weighted by molar-refractivity contribution is -0.119. The number of hydrogen-bond acceptors (Lipinski definition) is 5. The van der Waals surface area contributed by atoms with E-state index in [0.717, 1.165) is 12.1 Å². The zero-order valence-corrected chi connectivity index (χ0v) is 15.1. The van der Waals surface area contributed by atoms with Crippen molar-refractivity contribution in [1.82, 2.24) is 25.5 Å². The van der Waals surface area contributed by atoms with Crippen LogP contribution in [0.25, 0.3) is 5.69 Å². The Morgan fingerprint density at radius 3 is 2.83 bits per heavy atom. The highest BCUT2D eigenvalue weighted by Gasteiger charge is 2.23. The van der Waals surface area contributed by atoms with Crippen LogP contribution in [-0.4, -0.2) is 37.9 Å². The average molecular weight is 366 g/mol. The fraction of sp³-hybridized carbons (Fsp3) is 0.500. The number of aromatic nitrogens is 4. The molecule has 1 aliphatic rings. The average Bonchev–Trinajstić information content (AvgIpc) is 3.04. The number of carbonyl (C=O) groups is 1. The number of benzene rings is 1. The van der Waals surface area contributed by atoms with Crippen molar-refractivity contribution in [1.29, 1.82) is 0 Å². The van der Waals surface area contributed by atoms with E-state index in [9.17, 15) is 4.79 Å². The first-order chi connectivity index (χ1) is 11.6. The highest BCUT2D eigenvalue weighted by atomic mass is 35.5. The summed E-state index contributed by atoms with van der Waals surface area (Å²) < 4.78 is 1.61. The Morgan fingerprint density at radius 2 is 2.08 bits per heavy atom. The van der Waals surface area contributed by atoms with E-state index in [-0.39, 0.29) is 5.91 Å². The number of thioether (sulfide) groups is 1. The number of rotatable bonds is 5. The molecular weight excluding hydrogens is 346 g/mol. The van der Waals surface area contributed by atoms with Gasteiger partial charge in [-0.1, -0.05) is 43.1 Å². The van der Waals surface area contributed by atoms with Crippen molar-refractivity contribution in [3.05, 3.63) is 29.3 Å². The van der Waals surface area contributed by atoms with Gasteiger partial charge in [-0.05, 0) is 53.5 Å². The fourth-order valence-corrected chi connectivity index (χ4v) is 3.75. The molecule has 128 valence electrons. The first-order valence-electron chi connectivity index (χ1n) is 8.10. The van der Waals surface area contributed by atoms with Gasteiger partial charge in [0.25, 0.3) is 0 Å². The zero-order chi connectivity index (χ0) is 16.9. The molecule has 8 heteroatoms. The molecule has 0 radical (unpaired) electrons. The van der Waals surface area contributed by atoms with Gasteiger partial charge in [0, 0.05) is 11.1 Å². The molecule has 2 aromatic rings. The van der Waals surface area contributed by atoms with Crippen LogP contribution in [0.3, 0.4) is 0 Å². The summed E-state index contributed by atoms with van der Waals surface area (Å²) in [7, 11) is 0. The Balaban J connectivity index is 1.58. The van der Waals surface area contributed by atoms with E-state index in [1.807, 2.05) is 12.1 Å². The predicted molar refractivity (Wildman–Crippen MR) is 94.5 cm³/mol. The molecule has 0 spiro atoms. The van der Waals surface area contributed by atoms with Gasteiger partial charge in [-0.25, -0.2) is 0 Å². The molecule has 1 amide bonds. The third kappa shape index (κ3) is 4.27. The molecule has 6 nitrogen and oxygen atoms in total. The Hall–Kier alpha value is -1.60. The second kappa shape index (κ2) is 7.98. The lowest BCUT2D eigenvalue weighted by Crippen LogP contribution is -2.41. The lowest BCUT2D eigenvalue weighted by Gasteiger charge is -2.29. The van der Waals surface area contributed by atoms with Crippen molar-refractivity contribution in [3.63, 3.8) is 0 Å². The standard InChI is InChI=1S/C16H20ClN5OS/c1-11-4-2-3-5-14(11)18-15(23)10-24-16-19-20-21-22(16)13-8-6-12(17)7-9-13/h6-9,11,14H,2-5,10H2,1H3,(H,18,23)/t11-,14-/m1/s1. The number of carbonyl (C=O) groups excluding carboxylic acids is 1. The van der Waals surface area contributed by atoms with Crippen LogP contribution in [0, 0.1) is 5.92 Å². The van der Waals surface area contributed by atoms with Crippen molar-refractivity contribution < 1.29 is 4.79 Å². The molecule has 2 atom stereocenters. The SMILES string of the molecule is C[C@@H]1CCCC[C@H]1NC(=O)CSc1nnnn1-c1ccc(Cl)cc1. The summed E-state index contributed by atoms with van der Waals surface area (Å²) >= 11 is 7.23. The highest BCUT2D eigenvalue weighted by Crippen LogP contribution is 2.24. The molecule has 1 N–H and O–H groups in total. The molecular formula is C16H20ClN5OS. The Morgan fingerprint density at radius 1 is 1.33 bits per heavy atom. The second-order valence-electron chi connectivity index (χ2n) is 6.07. The second-order valence-corrected chi connectivity index (χ2v) is 7.45. The van der Waals surface area contributed by atoms with E-state index in [4.69, 9.17) is 11.6 Å². The van der Waals surface area contributed by atoms with Crippen LogP contribution < -0.4 is 5.32 Å². The van der Waals surface area contributed by atoms with Gasteiger partial charge in [0.2, 0.25) is 11.1 Å². The number of halogens is 1. The molecule has 1 fully saturated rings. The molecule has 0 aliphatic heterocycles. The summed E-state index contributed by atoms with van der Waals surface area (Å²) in [6.45, 7) is 2.21. The summed E-state index contributed by atoms with van der Waals surface area (Å²) in [5.74, 6) is 0.883. The van der Waals surface area contributed by atoms with Gasteiger partial charge in [-0.3, -0.25) is 4.79 Å². The van der Waals surface area contributed by atoms with E-state index in [1.54, 1.807) is 16.8 Å². The fourth-order valence-electron chi connectivity index (χ4n) is 2.92. The number of hydrogen-bond donors (Lipinski definition) is 1. The van der Waals surface area contributed by atoms with Gasteiger partial charge < -0.3 is 5.32 Å². The minimum absolute atomic E-state index is 0.0319. The van der Waals surface area contributed by atoms with Gasteiger partial charge in [-0.2, -0.15) is 4.68 Å². The predicted octanol–water partition coefficient (Wildman–Crippen LogP) is 3.10. The van der Waals surface area contributed by atoms with Crippen LogP contribution in [0.15, 0.2) is 29.4 Å².